The summed E-state index contributed by atoms with van der Waals surface area (Å²) in [7, 11) is 0. The zero-order valence-electron chi connectivity index (χ0n) is 10.2. The van der Waals surface area contributed by atoms with E-state index in [0.717, 1.165) is 38.6 Å². The van der Waals surface area contributed by atoms with E-state index in [4.69, 9.17) is 14.6 Å². The molecule has 1 N–H and O–H groups in total. The maximum Gasteiger partial charge on any atom is 0.273 e. The minimum Gasteiger partial charge on any atom is -0.504 e. The standard InChI is InChI=1S/C8H6FNO3.C4H8O2/c1-2-5-3-6(10(12)13)4-7(9)8(5)11;1-2-6-4-3-5-1/h2-4,11H,1H2;1-4H2. The van der Waals surface area contributed by atoms with Crippen LogP contribution in [0.3, 0.4) is 0 Å². The lowest BCUT2D eigenvalue weighted by Gasteiger charge is -2.09. The molecule has 0 amide bonds. The molecule has 1 saturated heterocycles. The molecule has 1 aromatic rings. The van der Waals surface area contributed by atoms with Crippen LogP contribution in [-0.4, -0.2) is 36.5 Å². The van der Waals surface area contributed by atoms with Gasteiger partial charge in [-0.3, -0.25) is 10.1 Å². The van der Waals surface area contributed by atoms with Crippen molar-refractivity contribution in [1.82, 2.24) is 0 Å². The van der Waals surface area contributed by atoms with E-state index >= 15 is 0 Å². The van der Waals surface area contributed by atoms with E-state index in [0.29, 0.717) is 6.07 Å². The maximum atomic E-state index is 12.8. The molecule has 0 aliphatic carbocycles. The van der Waals surface area contributed by atoms with E-state index in [1.54, 1.807) is 0 Å². The van der Waals surface area contributed by atoms with Crippen LogP contribution in [0.5, 0.6) is 5.75 Å². The Hall–Kier alpha value is -1.99. The molecule has 0 atom stereocenters. The number of benzene rings is 1. The largest absolute Gasteiger partial charge is 0.504 e. The second-order valence-corrected chi connectivity index (χ2v) is 3.55. The van der Waals surface area contributed by atoms with Crippen molar-refractivity contribution in [2.75, 3.05) is 26.4 Å². The summed E-state index contributed by atoms with van der Waals surface area (Å²) < 4.78 is 22.7. The van der Waals surface area contributed by atoms with Crippen LogP contribution in [0.1, 0.15) is 5.56 Å². The van der Waals surface area contributed by atoms with E-state index in [1.165, 1.54) is 0 Å². The lowest BCUT2D eigenvalue weighted by molar-refractivity contribution is -0.385. The second-order valence-electron chi connectivity index (χ2n) is 3.55. The summed E-state index contributed by atoms with van der Waals surface area (Å²) in [6.07, 6.45) is 1.14. The Morgan fingerprint density at radius 3 is 2.21 bits per heavy atom. The molecule has 7 heteroatoms. The Kier molecular flexibility index (Phi) is 5.91. The van der Waals surface area contributed by atoms with Crippen molar-refractivity contribution in [3.63, 3.8) is 0 Å². The molecule has 1 fully saturated rings. The van der Waals surface area contributed by atoms with E-state index in [2.05, 4.69) is 6.58 Å². The number of nitrogens with zero attached hydrogens (tertiary/aromatic N) is 1. The van der Waals surface area contributed by atoms with Gasteiger partial charge in [0.25, 0.3) is 5.69 Å². The van der Waals surface area contributed by atoms with Crippen molar-refractivity contribution in [3.8, 4) is 5.75 Å². The number of rotatable bonds is 2. The Morgan fingerprint density at radius 2 is 1.84 bits per heavy atom. The van der Waals surface area contributed by atoms with Gasteiger partial charge in [-0.25, -0.2) is 4.39 Å². The first-order valence-electron chi connectivity index (χ1n) is 5.51. The molecular weight excluding hydrogens is 257 g/mol. The summed E-state index contributed by atoms with van der Waals surface area (Å²) >= 11 is 0. The zero-order valence-corrected chi connectivity index (χ0v) is 10.2. The molecule has 1 heterocycles. The van der Waals surface area contributed by atoms with Gasteiger partial charge in [-0.2, -0.15) is 0 Å². The highest BCUT2D eigenvalue weighted by Crippen LogP contribution is 2.27. The van der Waals surface area contributed by atoms with E-state index in [-0.39, 0.29) is 5.56 Å². The minimum absolute atomic E-state index is 0.00620. The fourth-order valence-electron chi connectivity index (χ4n) is 1.31. The summed E-state index contributed by atoms with van der Waals surface area (Å²) in [4.78, 5) is 9.52. The molecule has 2 rings (SSSR count). The molecule has 0 spiro atoms. The van der Waals surface area contributed by atoms with Crippen LogP contribution in [0.15, 0.2) is 18.7 Å². The molecule has 0 radical (unpaired) electrons. The first-order valence-corrected chi connectivity index (χ1v) is 5.51. The lowest BCUT2D eigenvalue weighted by Crippen LogP contribution is -2.16. The first-order chi connectivity index (χ1) is 9.06. The molecule has 6 nitrogen and oxygen atoms in total. The van der Waals surface area contributed by atoms with E-state index < -0.39 is 22.2 Å². The van der Waals surface area contributed by atoms with Crippen LogP contribution in [-0.2, 0) is 9.47 Å². The fourth-order valence-corrected chi connectivity index (χ4v) is 1.31. The number of phenols is 1. The Labute approximate surface area is 109 Å². The lowest BCUT2D eigenvalue weighted by atomic mass is 10.1. The smallest absolute Gasteiger partial charge is 0.273 e. The number of hydrogen-bond acceptors (Lipinski definition) is 5. The third-order valence-corrected chi connectivity index (χ3v) is 2.25. The summed E-state index contributed by atoms with van der Waals surface area (Å²) in [5.74, 6) is -1.65. The van der Waals surface area contributed by atoms with Gasteiger partial charge >= 0.3 is 0 Å². The van der Waals surface area contributed by atoms with Gasteiger partial charge in [-0.05, 0) is 0 Å². The number of nitro benzene ring substituents is 1. The fraction of sp³-hybridized carbons (Fsp3) is 0.333. The average molecular weight is 271 g/mol. The number of phenolic OH excluding ortho intramolecular Hbond substituents is 1. The average Bonchev–Trinajstić information content (AvgIpc) is 2.44. The maximum absolute atomic E-state index is 12.8. The van der Waals surface area contributed by atoms with Gasteiger partial charge < -0.3 is 14.6 Å². The highest BCUT2D eigenvalue weighted by molar-refractivity contribution is 5.59. The monoisotopic (exact) mass is 271 g/mol. The second kappa shape index (κ2) is 7.45. The van der Waals surface area contributed by atoms with Crippen LogP contribution in [0.2, 0.25) is 0 Å². The molecule has 0 aromatic heterocycles. The van der Waals surface area contributed by atoms with Crippen molar-refractivity contribution < 1.29 is 23.9 Å². The van der Waals surface area contributed by atoms with Crippen molar-refractivity contribution in [2.24, 2.45) is 0 Å². The Bertz CT molecular complexity index is 448. The van der Waals surface area contributed by atoms with Gasteiger partial charge in [0.15, 0.2) is 11.6 Å². The van der Waals surface area contributed by atoms with Gasteiger partial charge in [-0.15, -0.1) is 0 Å². The summed E-state index contributed by atoms with van der Waals surface area (Å²) in [5, 5.41) is 19.3. The van der Waals surface area contributed by atoms with Gasteiger partial charge in [0.2, 0.25) is 0 Å². The van der Waals surface area contributed by atoms with Crippen molar-refractivity contribution in [1.29, 1.82) is 0 Å². The Morgan fingerprint density at radius 1 is 1.32 bits per heavy atom. The van der Waals surface area contributed by atoms with Crippen LogP contribution in [0.4, 0.5) is 10.1 Å². The molecule has 0 saturated carbocycles. The van der Waals surface area contributed by atoms with Crippen molar-refractivity contribution in [3.05, 3.63) is 40.2 Å². The summed E-state index contributed by atoms with van der Waals surface area (Å²) in [6, 6.07) is 1.70. The highest BCUT2D eigenvalue weighted by Gasteiger charge is 2.13. The molecule has 1 aliphatic heterocycles. The molecule has 19 heavy (non-hydrogen) atoms. The van der Waals surface area contributed by atoms with Crippen LogP contribution in [0, 0.1) is 15.9 Å². The van der Waals surface area contributed by atoms with Crippen LogP contribution >= 0.6 is 0 Å². The first kappa shape index (κ1) is 15.1. The highest BCUT2D eigenvalue weighted by atomic mass is 19.1. The molecule has 1 aliphatic rings. The number of hydrogen-bond donors (Lipinski definition) is 1. The Balaban J connectivity index is 0.000000250. The molecule has 104 valence electrons. The topological polar surface area (TPSA) is 81.8 Å². The molecule has 1 aromatic carbocycles. The van der Waals surface area contributed by atoms with Crippen LogP contribution < -0.4 is 0 Å². The predicted octanol–water partition coefficient (Wildman–Crippen LogP) is 2.12. The number of nitro groups is 1. The number of aromatic hydroxyl groups is 1. The quantitative estimate of drug-likeness (QED) is 0.658. The number of ether oxygens (including phenoxy) is 2. The molecule has 0 bridgehead atoms. The third kappa shape index (κ3) is 4.65. The van der Waals surface area contributed by atoms with Crippen molar-refractivity contribution >= 4 is 11.8 Å². The summed E-state index contributed by atoms with van der Waals surface area (Å²) in [5.41, 5.74) is -0.406. The summed E-state index contributed by atoms with van der Waals surface area (Å²) in [6.45, 7) is 6.40. The predicted molar refractivity (Wildman–Crippen MR) is 66.4 cm³/mol. The van der Waals surface area contributed by atoms with Gasteiger partial charge in [0.05, 0.1) is 37.4 Å². The molecular formula is C12H14FNO5. The van der Waals surface area contributed by atoms with Gasteiger partial charge in [0, 0.05) is 11.6 Å². The van der Waals surface area contributed by atoms with E-state index in [1.807, 2.05) is 0 Å². The number of halogens is 1. The molecule has 0 unspecified atom stereocenters. The van der Waals surface area contributed by atoms with Crippen molar-refractivity contribution in [2.45, 2.75) is 0 Å². The third-order valence-electron chi connectivity index (χ3n) is 2.25. The zero-order chi connectivity index (χ0) is 14.3. The van der Waals surface area contributed by atoms with Gasteiger partial charge in [0.1, 0.15) is 0 Å². The van der Waals surface area contributed by atoms with Crippen LogP contribution in [0.25, 0.3) is 6.08 Å². The minimum atomic E-state index is -1.02. The number of non-ortho nitro benzene ring substituents is 1. The normalized spacial score (nSPS) is 14.2. The van der Waals surface area contributed by atoms with Gasteiger partial charge in [-0.1, -0.05) is 12.7 Å². The SMILES string of the molecule is C1COCCO1.C=Cc1cc([N+](=O)[O-])cc(F)c1O. The van der Waals surface area contributed by atoms with E-state index in [9.17, 15) is 14.5 Å².